The van der Waals surface area contributed by atoms with Crippen molar-refractivity contribution in [3.05, 3.63) is 65.6 Å². The number of fused-ring (bicyclic) bond motifs is 1. The van der Waals surface area contributed by atoms with Gasteiger partial charge in [-0.15, -0.1) is 0 Å². The van der Waals surface area contributed by atoms with Gasteiger partial charge in [-0.05, 0) is 55.5 Å². The van der Waals surface area contributed by atoms with Gasteiger partial charge in [-0.1, -0.05) is 12.1 Å². The molecule has 0 amide bonds. The number of rotatable bonds is 6. The number of hydrogen-bond acceptors (Lipinski definition) is 6. The Balaban J connectivity index is 1.58. The van der Waals surface area contributed by atoms with Gasteiger partial charge in [0.15, 0.2) is 5.82 Å². The first-order chi connectivity index (χ1) is 13.5. The van der Waals surface area contributed by atoms with E-state index in [4.69, 9.17) is 9.97 Å². The van der Waals surface area contributed by atoms with Crippen molar-refractivity contribution in [2.45, 2.75) is 25.7 Å². The van der Waals surface area contributed by atoms with E-state index < -0.39 is 9.84 Å². The molecule has 0 unspecified atom stereocenters. The summed E-state index contributed by atoms with van der Waals surface area (Å²) < 4.78 is 22.7. The molecule has 2 heterocycles. The molecule has 1 aliphatic carbocycles. The molecule has 0 bridgehead atoms. The smallest absolute Gasteiger partial charge is 0.161 e. The number of sulfone groups is 1. The van der Waals surface area contributed by atoms with Gasteiger partial charge in [0.25, 0.3) is 0 Å². The van der Waals surface area contributed by atoms with Crippen molar-refractivity contribution in [2.24, 2.45) is 0 Å². The summed E-state index contributed by atoms with van der Waals surface area (Å²) in [6, 6.07) is 11.7. The third-order valence-electron chi connectivity index (χ3n) is 4.85. The average Bonchev–Trinajstić information content (AvgIpc) is 3.16. The van der Waals surface area contributed by atoms with Crippen LogP contribution in [-0.2, 0) is 29.1 Å². The van der Waals surface area contributed by atoms with Crippen LogP contribution in [0.5, 0.6) is 0 Å². The molecule has 3 aromatic rings. The lowest BCUT2D eigenvalue weighted by atomic mass is 10.1. The summed E-state index contributed by atoms with van der Waals surface area (Å²) in [5.74, 6) is 1.71. The second-order valence-corrected chi connectivity index (χ2v) is 9.37. The SMILES string of the molecule is CS(=O)(=O)CCc1ccc(Nc2nc(-c3ccncc3)nc3c2CCC3)cc1. The zero-order chi connectivity index (χ0) is 19.6. The van der Waals surface area contributed by atoms with E-state index in [1.807, 2.05) is 36.4 Å². The Morgan fingerprint density at radius 1 is 1.00 bits per heavy atom. The first-order valence-electron chi connectivity index (χ1n) is 9.32. The summed E-state index contributed by atoms with van der Waals surface area (Å²) in [5, 5.41) is 3.43. The molecule has 1 aliphatic rings. The Bertz CT molecular complexity index is 1080. The summed E-state index contributed by atoms with van der Waals surface area (Å²) in [4.78, 5) is 13.6. The van der Waals surface area contributed by atoms with Crippen molar-refractivity contribution in [2.75, 3.05) is 17.3 Å². The molecule has 0 aliphatic heterocycles. The van der Waals surface area contributed by atoms with Crippen molar-refractivity contribution >= 4 is 21.3 Å². The third kappa shape index (κ3) is 4.36. The van der Waals surface area contributed by atoms with Crippen LogP contribution in [0.15, 0.2) is 48.8 Å². The number of anilines is 2. The van der Waals surface area contributed by atoms with Crippen molar-refractivity contribution < 1.29 is 8.42 Å². The summed E-state index contributed by atoms with van der Waals surface area (Å²) in [6.07, 6.45) is 8.30. The van der Waals surface area contributed by atoms with Gasteiger partial charge in [0, 0.05) is 41.2 Å². The minimum Gasteiger partial charge on any atom is -0.340 e. The largest absolute Gasteiger partial charge is 0.340 e. The molecular formula is C21H22N4O2S. The molecule has 1 N–H and O–H groups in total. The van der Waals surface area contributed by atoms with Crippen LogP contribution in [0.1, 0.15) is 23.2 Å². The topological polar surface area (TPSA) is 84.8 Å². The molecule has 0 fully saturated rings. The quantitative estimate of drug-likeness (QED) is 0.690. The molecule has 2 aromatic heterocycles. The summed E-state index contributed by atoms with van der Waals surface area (Å²) in [6.45, 7) is 0. The molecule has 28 heavy (non-hydrogen) atoms. The molecule has 0 saturated heterocycles. The molecule has 0 saturated carbocycles. The Morgan fingerprint density at radius 2 is 1.75 bits per heavy atom. The van der Waals surface area contributed by atoms with Crippen LogP contribution in [0.4, 0.5) is 11.5 Å². The highest BCUT2D eigenvalue weighted by Crippen LogP contribution is 2.31. The first kappa shape index (κ1) is 18.6. The maximum atomic E-state index is 11.3. The lowest BCUT2D eigenvalue weighted by Gasteiger charge is -2.13. The molecule has 0 radical (unpaired) electrons. The van der Waals surface area contributed by atoms with E-state index in [1.54, 1.807) is 12.4 Å². The van der Waals surface area contributed by atoms with E-state index in [2.05, 4.69) is 10.3 Å². The van der Waals surface area contributed by atoms with E-state index in [0.717, 1.165) is 47.6 Å². The van der Waals surface area contributed by atoms with Gasteiger partial charge in [-0.3, -0.25) is 4.98 Å². The predicted octanol–water partition coefficient (Wildman–Crippen LogP) is 3.36. The number of hydrogen-bond donors (Lipinski definition) is 1. The van der Waals surface area contributed by atoms with E-state index in [1.165, 1.54) is 11.8 Å². The Morgan fingerprint density at radius 3 is 2.46 bits per heavy atom. The Kier molecular flexibility index (Phi) is 5.09. The molecule has 1 aromatic carbocycles. The van der Waals surface area contributed by atoms with Crippen molar-refractivity contribution in [3.63, 3.8) is 0 Å². The molecular weight excluding hydrogens is 372 g/mol. The first-order valence-corrected chi connectivity index (χ1v) is 11.4. The molecule has 0 spiro atoms. The third-order valence-corrected chi connectivity index (χ3v) is 5.80. The zero-order valence-electron chi connectivity index (χ0n) is 15.7. The lowest BCUT2D eigenvalue weighted by Crippen LogP contribution is -2.06. The summed E-state index contributed by atoms with van der Waals surface area (Å²) >= 11 is 0. The second kappa shape index (κ2) is 7.67. The Labute approximate surface area is 165 Å². The van der Waals surface area contributed by atoms with E-state index in [0.29, 0.717) is 12.2 Å². The van der Waals surface area contributed by atoms with Gasteiger partial charge in [0.1, 0.15) is 15.7 Å². The molecule has 7 heteroatoms. The average molecular weight is 395 g/mol. The van der Waals surface area contributed by atoms with Crippen LogP contribution in [0.25, 0.3) is 11.4 Å². The van der Waals surface area contributed by atoms with Crippen LogP contribution in [0, 0.1) is 0 Å². The van der Waals surface area contributed by atoms with Crippen molar-refractivity contribution in [1.82, 2.24) is 15.0 Å². The van der Waals surface area contributed by atoms with Crippen LogP contribution >= 0.6 is 0 Å². The zero-order valence-corrected chi connectivity index (χ0v) is 16.5. The van der Waals surface area contributed by atoms with Gasteiger partial charge in [0.05, 0.1) is 5.75 Å². The van der Waals surface area contributed by atoms with Gasteiger partial charge in [0.2, 0.25) is 0 Å². The van der Waals surface area contributed by atoms with Crippen molar-refractivity contribution in [1.29, 1.82) is 0 Å². The number of benzene rings is 1. The van der Waals surface area contributed by atoms with E-state index in [9.17, 15) is 8.42 Å². The fourth-order valence-corrected chi connectivity index (χ4v) is 3.97. The van der Waals surface area contributed by atoms with Gasteiger partial charge >= 0.3 is 0 Å². The highest BCUT2D eigenvalue weighted by Gasteiger charge is 2.20. The van der Waals surface area contributed by atoms with E-state index in [-0.39, 0.29) is 5.75 Å². The highest BCUT2D eigenvalue weighted by molar-refractivity contribution is 7.90. The minimum atomic E-state index is -2.96. The lowest BCUT2D eigenvalue weighted by molar-refractivity contribution is 0.601. The van der Waals surface area contributed by atoms with E-state index >= 15 is 0 Å². The van der Waals surface area contributed by atoms with Crippen LogP contribution in [-0.4, -0.2) is 35.4 Å². The number of pyridine rings is 1. The second-order valence-electron chi connectivity index (χ2n) is 7.11. The van der Waals surface area contributed by atoms with Gasteiger partial charge in [-0.25, -0.2) is 18.4 Å². The maximum absolute atomic E-state index is 11.3. The number of nitrogens with one attached hydrogen (secondary N) is 1. The fourth-order valence-electron chi connectivity index (χ4n) is 3.36. The monoisotopic (exact) mass is 394 g/mol. The minimum absolute atomic E-state index is 0.161. The van der Waals surface area contributed by atoms with Gasteiger partial charge in [-0.2, -0.15) is 0 Å². The standard InChI is InChI=1S/C21H22N4O2S/c1-28(26,27)14-11-15-5-7-17(8-6-15)23-21-18-3-2-4-19(18)24-20(25-21)16-9-12-22-13-10-16/h5-10,12-13H,2-4,11,14H2,1H3,(H,23,24,25). The fraction of sp³-hybridized carbons (Fsp3) is 0.286. The summed E-state index contributed by atoms with van der Waals surface area (Å²) in [5.41, 5.74) is 5.16. The molecule has 144 valence electrons. The van der Waals surface area contributed by atoms with Crippen LogP contribution in [0.3, 0.4) is 0 Å². The number of aryl methyl sites for hydroxylation is 2. The van der Waals surface area contributed by atoms with Crippen LogP contribution < -0.4 is 5.32 Å². The normalized spacial score (nSPS) is 13.3. The molecule has 0 atom stereocenters. The van der Waals surface area contributed by atoms with Crippen molar-refractivity contribution in [3.8, 4) is 11.4 Å². The molecule has 4 rings (SSSR count). The number of nitrogens with zero attached hydrogens (tertiary/aromatic N) is 3. The Hall–Kier alpha value is -2.80. The molecule has 6 nitrogen and oxygen atoms in total. The highest BCUT2D eigenvalue weighted by atomic mass is 32.2. The maximum Gasteiger partial charge on any atom is 0.161 e. The van der Waals surface area contributed by atoms with Crippen LogP contribution in [0.2, 0.25) is 0 Å². The summed E-state index contributed by atoms with van der Waals surface area (Å²) in [7, 11) is -2.96. The number of aromatic nitrogens is 3. The van der Waals surface area contributed by atoms with Gasteiger partial charge < -0.3 is 5.32 Å². The predicted molar refractivity (Wildman–Crippen MR) is 110 cm³/mol.